The third-order valence-electron chi connectivity index (χ3n) is 6.24. The van der Waals surface area contributed by atoms with Crippen LogP contribution in [0.2, 0.25) is 0 Å². The van der Waals surface area contributed by atoms with E-state index in [1.807, 2.05) is 4.90 Å². The maximum Gasteiger partial charge on any atom is 0.246 e. The molecule has 2 amide bonds. The number of carbonyl (C=O) groups is 2. The van der Waals surface area contributed by atoms with Crippen LogP contribution in [0.1, 0.15) is 31.2 Å². The number of aromatic nitrogens is 1. The van der Waals surface area contributed by atoms with Gasteiger partial charge in [0, 0.05) is 51.5 Å². The first-order valence-corrected chi connectivity index (χ1v) is 11.9. The Hall–Kier alpha value is -3.26. The molecule has 3 heterocycles. The standard InChI is InChI=1S/C26H31FN4O3/c27-23-18-21(7-9-24(23)34-22-6-5-11-28-19-22)8-10-25(32)31-16-14-29(15-17-31)20-26(33)30-12-3-1-2-4-13-30/h5-11,18-19H,1-4,12-17,20H2/b10-8+. The number of likely N-dealkylation sites (tertiary alicyclic amines) is 1. The van der Waals surface area contributed by atoms with Crippen molar-refractivity contribution >= 4 is 17.9 Å². The molecular formula is C26H31FN4O3. The van der Waals surface area contributed by atoms with Crippen molar-refractivity contribution in [1.29, 1.82) is 0 Å². The van der Waals surface area contributed by atoms with Crippen molar-refractivity contribution in [2.45, 2.75) is 25.7 Å². The molecule has 7 nitrogen and oxygen atoms in total. The van der Waals surface area contributed by atoms with E-state index in [4.69, 9.17) is 4.74 Å². The number of hydrogen-bond donors (Lipinski definition) is 0. The van der Waals surface area contributed by atoms with E-state index in [2.05, 4.69) is 9.88 Å². The number of rotatable bonds is 6. The van der Waals surface area contributed by atoms with Crippen molar-refractivity contribution in [3.8, 4) is 11.5 Å². The van der Waals surface area contributed by atoms with Gasteiger partial charge in [-0.3, -0.25) is 19.5 Å². The van der Waals surface area contributed by atoms with Gasteiger partial charge in [-0.2, -0.15) is 0 Å². The average molecular weight is 467 g/mol. The maximum atomic E-state index is 14.4. The van der Waals surface area contributed by atoms with Gasteiger partial charge in [0.1, 0.15) is 5.75 Å². The molecule has 2 aromatic rings. The molecule has 0 radical (unpaired) electrons. The van der Waals surface area contributed by atoms with Crippen molar-refractivity contribution in [2.24, 2.45) is 0 Å². The van der Waals surface area contributed by atoms with E-state index in [0.29, 0.717) is 44.0 Å². The lowest BCUT2D eigenvalue weighted by Gasteiger charge is -2.34. The summed E-state index contributed by atoms with van der Waals surface area (Å²) in [4.78, 5) is 35.0. The Morgan fingerprint density at radius 3 is 2.41 bits per heavy atom. The summed E-state index contributed by atoms with van der Waals surface area (Å²) in [6.45, 7) is 4.64. The van der Waals surface area contributed by atoms with Crippen molar-refractivity contribution in [1.82, 2.24) is 19.7 Å². The second kappa shape index (κ2) is 11.7. The lowest BCUT2D eigenvalue weighted by Crippen LogP contribution is -2.51. The van der Waals surface area contributed by atoms with Crippen LogP contribution >= 0.6 is 0 Å². The highest BCUT2D eigenvalue weighted by Gasteiger charge is 2.23. The van der Waals surface area contributed by atoms with Gasteiger partial charge in [0.15, 0.2) is 11.6 Å². The number of pyridine rings is 1. The first-order chi connectivity index (χ1) is 16.6. The van der Waals surface area contributed by atoms with E-state index in [1.54, 1.807) is 35.4 Å². The van der Waals surface area contributed by atoms with Crippen LogP contribution in [-0.2, 0) is 9.59 Å². The molecule has 4 rings (SSSR count). The van der Waals surface area contributed by atoms with Gasteiger partial charge < -0.3 is 14.5 Å². The summed E-state index contributed by atoms with van der Waals surface area (Å²) in [6, 6.07) is 7.98. The smallest absolute Gasteiger partial charge is 0.246 e. The minimum Gasteiger partial charge on any atom is -0.453 e. The number of nitrogens with zero attached hydrogens (tertiary/aromatic N) is 4. The zero-order chi connectivity index (χ0) is 23.8. The van der Waals surface area contributed by atoms with Gasteiger partial charge in [0.2, 0.25) is 11.8 Å². The fourth-order valence-corrected chi connectivity index (χ4v) is 4.25. The SMILES string of the molecule is O=C(/C=C/c1ccc(Oc2cccnc2)c(F)c1)N1CCN(CC(=O)N2CCCCCC2)CC1. The molecule has 34 heavy (non-hydrogen) atoms. The van der Waals surface area contributed by atoms with Crippen molar-refractivity contribution in [3.05, 3.63) is 60.2 Å². The van der Waals surface area contributed by atoms with Crippen LogP contribution in [0.3, 0.4) is 0 Å². The van der Waals surface area contributed by atoms with Crippen molar-refractivity contribution in [3.63, 3.8) is 0 Å². The monoisotopic (exact) mass is 466 g/mol. The van der Waals surface area contributed by atoms with Gasteiger partial charge >= 0.3 is 0 Å². The summed E-state index contributed by atoms with van der Waals surface area (Å²) >= 11 is 0. The molecular weight excluding hydrogens is 435 g/mol. The second-order valence-corrected chi connectivity index (χ2v) is 8.71. The third-order valence-corrected chi connectivity index (χ3v) is 6.24. The molecule has 0 N–H and O–H groups in total. The Morgan fingerprint density at radius 2 is 1.74 bits per heavy atom. The highest BCUT2D eigenvalue weighted by atomic mass is 19.1. The maximum absolute atomic E-state index is 14.4. The lowest BCUT2D eigenvalue weighted by atomic mass is 10.2. The van der Waals surface area contributed by atoms with Gasteiger partial charge in [0.05, 0.1) is 12.7 Å². The van der Waals surface area contributed by atoms with Crippen LogP contribution in [0.5, 0.6) is 11.5 Å². The quantitative estimate of drug-likeness (QED) is 0.609. The molecule has 0 aliphatic carbocycles. The van der Waals surface area contributed by atoms with Crippen LogP contribution < -0.4 is 4.74 Å². The largest absolute Gasteiger partial charge is 0.453 e. The first-order valence-electron chi connectivity index (χ1n) is 11.9. The van der Waals surface area contributed by atoms with Crippen LogP contribution in [0.15, 0.2) is 48.8 Å². The third kappa shape index (κ3) is 6.63. The number of carbonyl (C=O) groups excluding carboxylic acids is 2. The summed E-state index contributed by atoms with van der Waals surface area (Å²) in [5.41, 5.74) is 0.575. The van der Waals surface area contributed by atoms with E-state index >= 15 is 0 Å². The van der Waals surface area contributed by atoms with Gasteiger partial charge in [0.25, 0.3) is 0 Å². The first kappa shape index (κ1) is 23.9. The average Bonchev–Trinajstić information content (AvgIpc) is 3.15. The molecule has 0 saturated carbocycles. The summed E-state index contributed by atoms with van der Waals surface area (Å²) < 4.78 is 19.9. The molecule has 1 aromatic carbocycles. The molecule has 180 valence electrons. The minimum absolute atomic E-state index is 0.0994. The fraction of sp³-hybridized carbons (Fsp3) is 0.423. The fourth-order valence-electron chi connectivity index (χ4n) is 4.25. The van der Waals surface area contributed by atoms with E-state index in [1.165, 1.54) is 37.2 Å². The number of ether oxygens (including phenoxy) is 1. The predicted octanol–water partition coefficient (Wildman–Crippen LogP) is 3.57. The molecule has 2 aliphatic heterocycles. The van der Waals surface area contributed by atoms with E-state index < -0.39 is 5.82 Å². The number of amides is 2. The second-order valence-electron chi connectivity index (χ2n) is 8.71. The van der Waals surface area contributed by atoms with E-state index in [9.17, 15) is 14.0 Å². The molecule has 0 spiro atoms. The topological polar surface area (TPSA) is 66.0 Å². The van der Waals surface area contributed by atoms with Crippen LogP contribution in [0.25, 0.3) is 6.08 Å². The summed E-state index contributed by atoms with van der Waals surface area (Å²) in [6.07, 6.45) is 10.8. The Balaban J connectivity index is 1.24. The summed E-state index contributed by atoms with van der Waals surface area (Å²) in [5, 5.41) is 0. The molecule has 8 heteroatoms. The number of halogens is 1. The Bertz CT molecular complexity index is 998. The van der Waals surface area contributed by atoms with Gasteiger partial charge in [-0.1, -0.05) is 18.9 Å². The zero-order valence-electron chi connectivity index (χ0n) is 19.4. The molecule has 1 aromatic heterocycles. The zero-order valence-corrected chi connectivity index (χ0v) is 19.4. The Morgan fingerprint density at radius 1 is 0.971 bits per heavy atom. The predicted molar refractivity (Wildman–Crippen MR) is 128 cm³/mol. The lowest BCUT2D eigenvalue weighted by molar-refractivity contribution is -0.133. The Labute approximate surface area is 199 Å². The molecule has 0 unspecified atom stereocenters. The summed E-state index contributed by atoms with van der Waals surface area (Å²) in [7, 11) is 0. The van der Waals surface area contributed by atoms with Gasteiger partial charge in [-0.05, 0) is 48.7 Å². The number of benzene rings is 1. The minimum atomic E-state index is -0.513. The normalized spacial score (nSPS) is 17.6. The molecule has 0 atom stereocenters. The molecule has 2 saturated heterocycles. The van der Waals surface area contributed by atoms with Crippen molar-refractivity contribution in [2.75, 3.05) is 45.8 Å². The van der Waals surface area contributed by atoms with Gasteiger partial charge in [-0.25, -0.2) is 4.39 Å². The van der Waals surface area contributed by atoms with E-state index in [0.717, 1.165) is 25.9 Å². The molecule has 0 bridgehead atoms. The summed E-state index contributed by atoms with van der Waals surface area (Å²) in [5.74, 6) is 0.116. The molecule has 2 aliphatic rings. The number of piperazine rings is 1. The van der Waals surface area contributed by atoms with Crippen LogP contribution in [0, 0.1) is 5.82 Å². The highest BCUT2D eigenvalue weighted by Crippen LogP contribution is 2.25. The van der Waals surface area contributed by atoms with Gasteiger partial charge in [-0.15, -0.1) is 0 Å². The highest BCUT2D eigenvalue weighted by molar-refractivity contribution is 5.91. The van der Waals surface area contributed by atoms with Crippen LogP contribution in [-0.4, -0.2) is 77.3 Å². The van der Waals surface area contributed by atoms with Crippen LogP contribution in [0.4, 0.5) is 4.39 Å². The van der Waals surface area contributed by atoms with E-state index in [-0.39, 0.29) is 17.6 Å². The molecule has 2 fully saturated rings. The Kier molecular flexibility index (Phi) is 8.25. The number of hydrogen-bond acceptors (Lipinski definition) is 5. The van der Waals surface area contributed by atoms with Crippen molar-refractivity contribution < 1.29 is 18.7 Å².